The van der Waals surface area contributed by atoms with Crippen LogP contribution in [0.15, 0.2) is 59.6 Å². The third-order valence-corrected chi connectivity index (χ3v) is 7.90. The van der Waals surface area contributed by atoms with Crippen LogP contribution in [0.1, 0.15) is 90.0 Å². The third kappa shape index (κ3) is 22.3. The van der Waals surface area contributed by atoms with Crippen LogP contribution in [0.2, 0.25) is 0 Å². The van der Waals surface area contributed by atoms with Crippen molar-refractivity contribution in [1.29, 1.82) is 0 Å². The zero-order valence-electron chi connectivity index (χ0n) is 28.2. The lowest BCUT2D eigenvalue weighted by atomic mass is 9.96. The second-order valence-corrected chi connectivity index (χ2v) is 13.0. The molecule has 1 aromatic carbocycles. The highest BCUT2D eigenvalue weighted by molar-refractivity contribution is 5.86. The first-order chi connectivity index (χ1) is 22.3. The number of nitrogens with two attached hydrogens (primary N) is 1. The Kier molecular flexibility index (Phi) is 22.9. The molecule has 11 heteroatoms. The monoisotopic (exact) mass is 666 g/mol. The van der Waals surface area contributed by atoms with E-state index in [-0.39, 0.29) is 57.3 Å². The van der Waals surface area contributed by atoms with Crippen molar-refractivity contribution in [3.8, 4) is 0 Å². The maximum atomic E-state index is 10.5. The Morgan fingerprint density at radius 3 is 1.62 bits per heavy atom. The lowest BCUT2D eigenvalue weighted by molar-refractivity contribution is 0.0260. The van der Waals surface area contributed by atoms with E-state index in [1.807, 2.05) is 44.2 Å². The normalized spacial score (nSPS) is 18.7. The van der Waals surface area contributed by atoms with Crippen LogP contribution < -0.4 is 5.73 Å². The molecule has 0 bridgehead atoms. The molecule has 0 aromatic heterocycles. The smallest absolute Gasteiger partial charge is 0.0745 e. The number of benzene rings is 1. The molecule has 0 aliphatic carbocycles. The molecule has 270 valence electrons. The maximum absolute atomic E-state index is 10.5. The van der Waals surface area contributed by atoms with Gasteiger partial charge in [-0.3, -0.25) is 4.99 Å². The van der Waals surface area contributed by atoms with Crippen LogP contribution in [0.25, 0.3) is 0 Å². The minimum atomic E-state index is -1.01. The number of aliphatic hydroxyl groups excluding tert-OH is 9. The minimum absolute atomic E-state index is 0.0130. The van der Waals surface area contributed by atoms with E-state index < -0.39 is 54.9 Å². The minimum Gasteiger partial charge on any atom is -0.393 e. The van der Waals surface area contributed by atoms with Crippen molar-refractivity contribution in [2.24, 2.45) is 16.6 Å². The Morgan fingerprint density at radius 2 is 1.11 bits per heavy atom. The molecule has 9 unspecified atom stereocenters. The summed E-state index contributed by atoms with van der Waals surface area (Å²) in [6.07, 6.45) is 0.161. The summed E-state index contributed by atoms with van der Waals surface area (Å²) in [5.41, 5.74) is 7.35. The van der Waals surface area contributed by atoms with Crippen LogP contribution in [-0.4, -0.2) is 113 Å². The first-order valence-corrected chi connectivity index (χ1v) is 17.0. The molecule has 0 heterocycles. The van der Waals surface area contributed by atoms with Gasteiger partial charge in [0.05, 0.1) is 61.5 Å². The van der Waals surface area contributed by atoms with Crippen LogP contribution >= 0.6 is 0 Å². The van der Waals surface area contributed by atoms with Gasteiger partial charge in [0, 0.05) is 25.0 Å². The van der Waals surface area contributed by atoms with Gasteiger partial charge >= 0.3 is 0 Å². The predicted molar refractivity (Wildman–Crippen MR) is 185 cm³/mol. The van der Waals surface area contributed by atoms with Gasteiger partial charge in [-0.15, -0.1) is 0 Å². The standard InChI is InChI=1S/C36H62N2O9/c1-25(2)36(38-24-26-9-4-3-5-10-26)23-35(47)22-34(46)20-30(42)14-7-13-29(41)19-33(45)21-32(44)18-28(40)12-6-11-27(39)17-31(43)15-8-16-37/h3-7,9-10,12,14,25,27-35,39-47H,8,11,13,15-24,37H2,1-2H3. The zero-order valence-corrected chi connectivity index (χ0v) is 28.2. The molecule has 9 atom stereocenters. The fourth-order valence-corrected chi connectivity index (χ4v) is 5.29. The van der Waals surface area contributed by atoms with Gasteiger partial charge in [-0.25, -0.2) is 0 Å². The van der Waals surface area contributed by atoms with E-state index in [2.05, 4.69) is 4.99 Å². The lowest BCUT2D eigenvalue weighted by Crippen LogP contribution is -2.26. The molecular weight excluding hydrogens is 604 g/mol. The topological polar surface area (TPSA) is 220 Å². The molecule has 1 aromatic rings. The fraction of sp³-hybridized carbons (Fsp3) is 0.694. The summed E-state index contributed by atoms with van der Waals surface area (Å²) >= 11 is 0. The third-order valence-electron chi connectivity index (χ3n) is 7.90. The lowest BCUT2D eigenvalue weighted by Gasteiger charge is -2.20. The highest BCUT2D eigenvalue weighted by Gasteiger charge is 2.20. The summed E-state index contributed by atoms with van der Waals surface area (Å²) in [7, 11) is 0. The van der Waals surface area contributed by atoms with Gasteiger partial charge in [-0.1, -0.05) is 68.5 Å². The number of aliphatic imine (C=N–C) groups is 1. The average molecular weight is 667 g/mol. The number of hydrogen-bond acceptors (Lipinski definition) is 11. The van der Waals surface area contributed by atoms with Crippen molar-refractivity contribution in [3.63, 3.8) is 0 Å². The molecule has 0 amide bonds. The van der Waals surface area contributed by atoms with Crippen molar-refractivity contribution in [3.05, 3.63) is 60.2 Å². The molecule has 0 fully saturated rings. The largest absolute Gasteiger partial charge is 0.393 e. The van der Waals surface area contributed by atoms with Crippen molar-refractivity contribution in [2.75, 3.05) is 6.54 Å². The Bertz CT molecular complexity index is 1010. The van der Waals surface area contributed by atoms with E-state index in [0.29, 0.717) is 32.4 Å². The van der Waals surface area contributed by atoms with E-state index in [1.165, 1.54) is 12.2 Å². The first kappa shape index (κ1) is 43.0. The summed E-state index contributed by atoms with van der Waals surface area (Å²) in [4.78, 5) is 4.67. The van der Waals surface area contributed by atoms with E-state index in [0.717, 1.165) is 11.3 Å². The van der Waals surface area contributed by atoms with Gasteiger partial charge in [0.25, 0.3) is 0 Å². The van der Waals surface area contributed by atoms with Crippen LogP contribution in [0.5, 0.6) is 0 Å². The predicted octanol–water partition coefficient (Wildman–Crippen LogP) is 1.89. The first-order valence-electron chi connectivity index (χ1n) is 17.0. The van der Waals surface area contributed by atoms with Crippen molar-refractivity contribution < 1.29 is 46.0 Å². The van der Waals surface area contributed by atoms with Gasteiger partial charge in [-0.2, -0.15) is 0 Å². The molecule has 1 rings (SSSR count). The SMILES string of the molecule is CC(C)C(CC(O)CC(O)CC(O)C=CCC(O)CC(O)CC(O)CC(O)C=CCC(O)CC(O)CCCN)=NCc1ccccc1. The number of nitrogens with zero attached hydrogens (tertiary/aromatic N) is 1. The highest BCUT2D eigenvalue weighted by Crippen LogP contribution is 2.16. The Labute approximate surface area is 280 Å². The molecule has 0 aliphatic rings. The molecule has 0 aliphatic heterocycles. The molecule has 0 saturated carbocycles. The molecule has 47 heavy (non-hydrogen) atoms. The highest BCUT2D eigenvalue weighted by atomic mass is 16.3. The average Bonchev–Trinajstić information content (AvgIpc) is 2.98. The van der Waals surface area contributed by atoms with E-state index in [4.69, 9.17) is 5.73 Å². The number of hydrogen-bond donors (Lipinski definition) is 10. The Hall–Kier alpha value is -2.03. The second-order valence-electron chi connectivity index (χ2n) is 13.0. The zero-order chi connectivity index (χ0) is 35.2. The van der Waals surface area contributed by atoms with Gasteiger partial charge < -0.3 is 51.7 Å². The van der Waals surface area contributed by atoms with Crippen LogP contribution in [-0.2, 0) is 6.54 Å². The van der Waals surface area contributed by atoms with E-state index in [1.54, 1.807) is 12.2 Å². The van der Waals surface area contributed by atoms with Gasteiger partial charge in [0.15, 0.2) is 0 Å². The van der Waals surface area contributed by atoms with Crippen molar-refractivity contribution in [1.82, 2.24) is 0 Å². The summed E-state index contributed by atoms with van der Waals surface area (Å²) in [6, 6.07) is 9.84. The van der Waals surface area contributed by atoms with E-state index >= 15 is 0 Å². The summed E-state index contributed by atoms with van der Waals surface area (Å²) in [5, 5.41) is 92.0. The van der Waals surface area contributed by atoms with Gasteiger partial charge in [0.1, 0.15) is 0 Å². The van der Waals surface area contributed by atoms with Gasteiger partial charge in [-0.05, 0) is 69.4 Å². The quantitative estimate of drug-likeness (QED) is 0.0511. The Morgan fingerprint density at radius 1 is 0.638 bits per heavy atom. The summed E-state index contributed by atoms with van der Waals surface area (Å²) in [5.74, 6) is 0.144. The summed E-state index contributed by atoms with van der Waals surface area (Å²) < 4.78 is 0. The van der Waals surface area contributed by atoms with Crippen LogP contribution in [0.4, 0.5) is 0 Å². The molecule has 0 spiro atoms. The fourth-order valence-electron chi connectivity index (χ4n) is 5.29. The Balaban J connectivity index is 2.33. The van der Waals surface area contributed by atoms with Crippen molar-refractivity contribution in [2.45, 2.75) is 146 Å². The maximum Gasteiger partial charge on any atom is 0.0745 e. The van der Waals surface area contributed by atoms with E-state index in [9.17, 15) is 46.0 Å². The molecule has 11 N–H and O–H groups in total. The molecule has 0 saturated heterocycles. The van der Waals surface area contributed by atoms with Crippen LogP contribution in [0.3, 0.4) is 0 Å². The molecule has 11 nitrogen and oxygen atoms in total. The van der Waals surface area contributed by atoms with Gasteiger partial charge in [0.2, 0.25) is 0 Å². The van der Waals surface area contributed by atoms with Crippen molar-refractivity contribution >= 4 is 5.71 Å². The van der Waals surface area contributed by atoms with Crippen LogP contribution in [0, 0.1) is 5.92 Å². The summed E-state index contributed by atoms with van der Waals surface area (Å²) in [6.45, 7) is 5.02. The molecular formula is C36H62N2O9. The number of rotatable bonds is 26. The molecule has 0 radical (unpaired) electrons. The number of aliphatic hydroxyl groups is 9. The second kappa shape index (κ2) is 25.0.